The molecular weight excluding hydrogens is 1050 g/mol. The van der Waals surface area contributed by atoms with Gasteiger partial charge in [-0.3, -0.25) is 9.59 Å². The molecule has 1 amide bonds. The second kappa shape index (κ2) is 76.1. The molecule has 0 aromatic carbocycles. The highest BCUT2D eigenvalue weighted by Gasteiger charge is 2.20. The van der Waals surface area contributed by atoms with Gasteiger partial charge in [0.1, 0.15) is 0 Å². The number of nitrogens with one attached hydrogen (secondary N) is 1. The minimum absolute atomic E-state index is 0.0199. The van der Waals surface area contributed by atoms with Crippen LogP contribution in [-0.2, 0) is 14.3 Å². The molecule has 0 saturated heterocycles. The van der Waals surface area contributed by atoms with Crippen LogP contribution in [0.25, 0.3) is 0 Å². The van der Waals surface area contributed by atoms with Crippen LogP contribution in [-0.4, -0.2) is 47.4 Å². The number of allylic oxidation sites excluding steroid dienone is 2. The van der Waals surface area contributed by atoms with Gasteiger partial charge in [0, 0.05) is 12.8 Å². The summed E-state index contributed by atoms with van der Waals surface area (Å²) in [7, 11) is 0. The zero-order valence-electron chi connectivity index (χ0n) is 58.8. The number of carbonyl (C=O) groups is 2. The predicted molar refractivity (Wildman–Crippen MR) is 380 cm³/mol. The first kappa shape index (κ1) is 84.6. The monoisotopic (exact) mass is 1210 g/mol. The summed E-state index contributed by atoms with van der Waals surface area (Å²) in [6.45, 7) is 5.01. The number of ether oxygens (including phenoxy) is 1. The van der Waals surface area contributed by atoms with Gasteiger partial charge in [-0.1, -0.05) is 411 Å². The molecule has 0 fully saturated rings. The lowest BCUT2D eigenvalue weighted by molar-refractivity contribution is -0.143. The van der Waals surface area contributed by atoms with E-state index >= 15 is 0 Å². The summed E-state index contributed by atoms with van der Waals surface area (Å²) in [5.74, 6) is -0.0120. The summed E-state index contributed by atoms with van der Waals surface area (Å²) >= 11 is 0. The third kappa shape index (κ3) is 71.7. The zero-order chi connectivity index (χ0) is 62.0. The number of aliphatic hydroxyl groups is 2. The molecule has 0 rings (SSSR count). The molecule has 0 aliphatic carbocycles. The Balaban J connectivity index is 3.37. The lowest BCUT2D eigenvalue weighted by Crippen LogP contribution is -2.45. The second-order valence-electron chi connectivity index (χ2n) is 27.8. The molecule has 0 spiro atoms. The molecule has 0 aliphatic rings. The van der Waals surface area contributed by atoms with Crippen LogP contribution in [0.15, 0.2) is 12.2 Å². The first-order chi connectivity index (χ1) is 42.5. The summed E-state index contributed by atoms with van der Waals surface area (Å²) in [4.78, 5) is 24.7. The number of rotatable bonds is 76. The molecule has 0 aliphatic heterocycles. The van der Waals surface area contributed by atoms with Gasteiger partial charge >= 0.3 is 5.97 Å². The van der Waals surface area contributed by atoms with E-state index in [1.807, 2.05) is 0 Å². The van der Waals surface area contributed by atoms with Crippen molar-refractivity contribution in [3.63, 3.8) is 0 Å². The lowest BCUT2D eigenvalue weighted by atomic mass is 10.0. The fourth-order valence-electron chi connectivity index (χ4n) is 13.0. The van der Waals surface area contributed by atoms with E-state index < -0.39 is 12.1 Å². The van der Waals surface area contributed by atoms with Crippen molar-refractivity contribution in [1.82, 2.24) is 5.32 Å². The van der Waals surface area contributed by atoms with Crippen LogP contribution in [0, 0.1) is 0 Å². The van der Waals surface area contributed by atoms with Gasteiger partial charge in [0.05, 0.1) is 25.4 Å². The summed E-state index contributed by atoms with van der Waals surface area (Å²) in [6.07, 6.45) is 95.8. The molecule has 0 aromatic rings. The zero-order valence-corrected chi connectivity index (χ0v) is 58.8. The van der Waals surface area contributed by atoms with Gasteiger partial charge in [0.15, 0.2) is 0 Å². The summed E-state index contributed by atoms with van der Waals surface area (Å²) in [6, 6.07) is -0.545. The van der Waals surface area contributed by atoms with Crippen LogP contribution in [0.3, 0.4) is 0 Å². The van der Waals surface area contributed by atoms with Gasteiger partial charge in [0.2, 0.25) is 5.91 Å². The summed E-state index contributed by atoms with van der Waals surface area (Å²) < 4.78 is 5.52. The van der Waals surface area contributed by atoms with E-state index in [0.29, 0.717) is 25.9 Å². The van der Waals surface area contributed by atoms with Crippen molar-refractivity contribution in [2.75, 3.05) is 13.2 Å². The minimum atomic E-state index is -0.668. The van der Waals surface area contributed by atoms with Crippen molar-refractivity contribution in [2.24, 2.45) is 0 Å². The molecule has 0 heterocycles. The van der Waals surface area contributed by atoms with Gasteiger partial charge < -0.3 is 20.3 Å². The number of amides is 1. The van der Waals surface area contributed by atoms with Crippen molar-refractivity contribution in [3.05, 3.63) is 12.2 Å². The SMILES string of the molecule is CCCCCCCCCCCCCCCCCCCCCCCCCCCC(O)C(CO)NC(=O)CCCCCCCCCCC/C=C\CCCCCCCCCCCCCCOC(=O)CCCCCCCCCCCCCCCCCCCCC. The van der Waals surface area contributed by atoms with Gasteiger partial charge in [-0.15, -0.1) is 0 Å². The van der Waals surface area contributed by atoms with Crippen LogP contribution < -0.4 is 5.32 Å². The van der Waals surface area contributed by atoms with E-state index in [1.165, 1.54) is 392 Å². The van der Waals surface area contributed by atoms with E-state index in [2.05, 4.69) is 31.3 Å². The third-order valence-electron chi connectivity index (χ3n) is 19.1. The maximum Gasteiger partial charge on any atom is 0.305 e. The first-order valence-electron chi connectivity index (χ1n) is 39.9. The number of esters is 1. The molecule has 2 unspecified atom stereocenters. The van der Waals surface area contributed by atoms with Crippen molar-refractivity contribution >= 4 is 11.9 Å². The number of hydrogen-bond acceptors (Lipinski definition) is 5. The number of carbonyl (C=O) groups excluding carboxylic acids is 2. The second-order valence-corrected chi connectivity index (χ2v) is 27.8. The molecule has 512 valence electrons. The molecule has 2 atom stereocenters. The molecular formula is C80H157NO5. The highest BCUT2D eigenvalue weighted by Crippen LogP contribution is 2.20. The normalized spacial score (nSPS) is 12.5. The van der Waals surface area contributed by atoms with Crippen molar-refractivity contribution in [2.45, 2.75) is 475 Å². The first-order valence-corrected chi connectivity index (χ1v) is 39.9. The number of hydrogen-bond donors (Lipinski definition) is 3. The van der Waals surface area contributed by atoms with Gasteiger partial charge in [-0.25, -0.2) is 0 Å². The molecule has 0 aromatic heterocycles. The number of aliphatic hydroxyl groups excluding tert-OH is 2. The standard InChI is InChI=1S/C80H157NO5/c1-3-5-7-9-11-13-15-17-19-21-23-24-25-27-30-33-37-40-44-48-52-56-60-64-68-72-78(83)77(76-82)81-79(84)73-69-65-61-57-53-49-45-41-38-34-31-28-26-29-32-35-39-43-47-51-55-59-63-67-71-75-86-80(85)74-70-66-62-58-54-50-46-42-36-22-20-18-16-14-12-10-8-6-4-2/h28,31,77-78,82-83H,3-27,29-30,32-76H2,1-2H3,(H,81,84)/b31-28-. The number of unbranched alkanes of at least 4 members (excludes halogenated alkanes) is 63. The van der Waals surface area contributed by atoms with Crippen LogP contribution in [0.5, 0.6) is 0 Å². The Kier molecular flexibility index (Phi) is 74.8. The van der Waals surface area contributed by atoms with Crippen LogP contribution >= 0.6 is 0 Å². The van der Waals surface area contributed by atoms with Gasteiger partial charge in [0.25, 0.3) is 0 Å². The van der Waals surface area contributed by atoms with Crippen LogP contribution in [0.4, 0.5) is 0 Å². The van der Waals surface area contributed by atoms with Gasteiger partial charge in [-0.05, 0) is 51.4 Å². The van der Waals surface area contributed by atoms with Crippen molar-refractivity contribution < 1.29 is 24.5 Å². The van der Waals surface area contributed by atoms with E-state index in [0.717, 1.165) is 38.5 Å². The highest BCUT2D eigenvalue weighted by atomic mass is 16.5. The molecule has 6 heteroatoms. The summed E-state index contributed by atoms with van der Waals surface area (Å²) in [5, 5.41) is 23.5. The minimum Gasteiger partial charge on any atom is -0.466 e. The van der Waals surface area contributed by atoms with E-state index in [9.17, 15) is 19.8 Å². The van der Waals surface area contributed by atoms with Crippen LogP contribution in [0.1, 0.15) is 463 Å². The van der Waals surface area contributed by atoms with Crippen molar-refractivity contribution in [3.8, 4) is 0 Å². The molecule has 3 N–H and O–H groups in total. The van der Waals surface area contributed by atoms with Crippen molar-refractivity contribution in [1.29, 1.82) is 0 Å². The smallest absolute Gasteiger partial charge is 0.305 e. The molecule has 6 nitrogen and oxygen atoms in total. The highest BCUT2D eigenvalue weighted by molar-refractivity contribution is 5.76. The van der Waals surface area contributed by atoms with Crippen LogP contribution in [0.2, 0.25) is 0 Å². The third-order valence-corrected chi connectivity index (χ3v) is 19.1. The fourth-order valence-corrected chi connectivity index (χ4v) is 13.0. The van der Waals surface area contributed by atoms with E-state index in [4.69, 9.17) is 4.74 Å². The molecule has 0 radical (unpaired) electrons. The maximum absolute atomic E-state index is 12.6. The Morgan fingerprint density at radius 3 is 0.826 bits per heavy atom. The Labute approximate surface area is 539 Å². The molecule has 86 heavy (non-hydrogen) atoms. The Morgan fingerprint density at radius 2 is 0.547 bits per heavy atom. The average Bonchev–Trinajstić information content (AvgIpc) is 3.54. The fraction of sp³-hybridized carbons (Fsp3) is 0.950. The Bertz CT molecular complexity index is 1300. The quantitative estimate of drug-likeness (QED) is 0.0320. The van der Waals surface area contributed by atoms with E-state index in [-0.39, 0.29) is 18.5 Å². The molecule has 0 saturated carbocycles. The topological polar surface area (TPSA) is 95.9 Å². The predicted octanol–water partition coefficient (Wildman–Crippen LogP) is 26.3. The Morgan fingerprint density at radius 1 is 0.314 bits per heavy atom. The largest absolute Gasteiger partial charge is 0.466 e. The maximum atomic E-state index is 12.6. The lowest BCUT2D eigenvalue weighted by Gasteiger charge is -2.22. The summed E-state index contributed by atoms with van der Waals surface area (Å²) in [5.41, 5.74) is 0. The van der Waals surface area contributed by atoms with Gasteiger partial charge in [-0.2, -0.15) is 0 Å². The van der Waals surface area contributed by atoms with E-state index in [1.54, 1.807) is 0 Å². The average molecular weight is 1210 g/mol. The Hall–Kier alpha value is -1.40. The molecule has 0 bridgehead atoms.